The smallest absolute Gasteiger partial charge is 0.252 e. The number of ether oxygens (including phenoxy) is 2. The zero-order chi connectivity index (χ0) is 20.7. The van der Waals surface area contributed by atoms with E-state index < -0.39 is 0 Å². The fourth-order valence-corrected chi connectivity index (χ4v) is 5.01. The number of allylic oxidation sites excluding steroid dienone is 1. The molecule has 0 fully saturated rings. The van der Waals surface area contributed by atoms with Crippen LogP contribution in [0, 0.1) is 0 Å². The van der Waals surface area contributed by atoms with Gasteiger partial charge < -0.3 is 24.3 Å². The van der Waals surface area contributed by atoms with Crippen LogP contribution in [-0.4, -0.2) is 35.5 Å². The molecule has 1 aliphatic carbocycles. The molecular formula is C23H19N3O4. The first kappa shape index (κ1) is 17.1. The number of H-pyrrole nitrogens is 1. The van der Waals surface area contributed by atoms with Crippen LogP contribution in [0.2, 0.25) is 0 Å². The zero-order valence-electron chi connectivity index (χ0n) is 16.8. The number of aryl methyl sites for hydroxylation is 1. The first-order chi connectivity index (χ1) is 14.5. The highest BCUT2D eigenvalue weighted by molar-refractivity contribution is 6.28. The van der Waals surface area contributed by atoms with Crippen molar-refractivity contribution >= 4 is 50.5 Å². The van der Waals surface area contributed by atoms with E-state index in [0.717, 1.165) is 49.6 Å². The lowest BCUT2D eigenvalue weighted by Crippen LogP contribution is -2.13. The molecule has 2 aromatic carbocycles. The molecule has 7 heteroatoms. The Morgan fingerprint density at radius 3 is 2.70 bits per heavy atom. The van der Waals surface area contributed by atoms with Gasteiger partial charge in [-0.2, -0.15) is 0 Å². The molecule has 0 radical (unpaired) electrons. The molecule has 4 aromatic rings. The Bertz CT molecular complexity index is 1490. The van der Waals surface area contributed by atoms with Crippen LogP contribution < -0.4 is 10.1 Å². The Kier molecular flexibility index (Phi) is 3.23. The van der Waals surface area contributed by atoms with Gasteiger partial charge in [-0.05, 0) is 29.8 Å². The predicted octanol–water partition coefficient (Wildman–Crippen LogP) is 3.64. The van der Waals surface area contributed by atoms with Crippen molar-refractivity contribution in [3.05, 3.63) is 46.3 Å². The number of ketones is 1. The molecule has 2 N–H and O–H groups in total. The predicted molar refractivity (Wildman–Crippen MR) is 114 cm³/mol. The van der Waals surface area contributed by atoms with Crippen LogP contribution in [0.25, 0.3) is 38.8 Å². The minimum atomic E-state index is -0.121. The van der Waals surface area contributed by atoms with Crippen molar-refractivity contribution in [3.8, 4) is 5.75 Å². The minimum Gasteiger partial charge on any atom is -0.501 e. The lowest BCUT2D eigenvalue weighted by molar-refractivity contribution is 0.0957. The van der Waals surface area contributed by atoms with Gasteiger partial charge in [0.1, 0.15) is 11.5 Å². The van der Waals surface area contributed by atoms with E-state index in [2.05, 4.69) is 14.9 Å². The largest absolute Gasteiger partial charge is 0.501 e. The molecule has 30 heavy (non-hydrogen) atoms. The maximum atomic E-state index is 12.9. The van der Waals surface area contributed by atoms with Gasteiger partial charge in [-0.25, -0.2) is 0 Å². The molecule has 0 spiro atoms. The highest BCUT2D eigenvalue weighted by Gasteiger charge is 2.33. The molecule has 0 saturated heterocycles. The number of aromatic nitrogens is 2. The molecular weight excluding hydrogens is 382 g/mol. The second-order valence-electron chi connectivity index (χ2n) is 7.78. The number of hydrogen-bond donors (Lipinski definition) is 2. The number of nitrogens with one attached hydrogen (secondary N) is 2. The van der Waals surface area contributed by atoms with Gasteiger partial charge in [0.2, 0.25) is 0 Å². The fraction of sp³-hybridized carbons (Fsp3) is 0.217. The van der Waals surface area contributed by atoms with E-state index in [1.807, 2.05) is 31.3 Å². The fourth-order valence-electron chi connectivity index (χ4n) is 5.01. The molecule has 2 aliphatic rings. The standard InChI is InChI=1S/C23H19N3O4/c1-26-15-5-4-10(29-2)6-12(15)17-14-9-24-23(28)19(14)18-13-7-11(30-3)8-16(27)20(13)25-21(18)22(17)26/h4-7,25H,8-9H2,1-3H3,(H,24,28). The number of methoxy groups -OCH3 is 2. The third-order valence-electron chi connectivity index (χ3n) is 6.37. The quantitative estimate of drug-likeness (QED) is 0.537. The Morgan fingerprint density at radius 2 is 1.93 bits per heavy atom. The average Bonchev–Trinajstić information content (AvgIpc) is 3.40. The minimum absolute atomic E-state index is 0.0405. The number of benzene rings is 2. The van der Waals surface area contributed by atoms with Gasteiger partial charge in [0.15, 0.2) is 5.78 Å². The molecule has 0 unspecified atom stereocenters. The van der Waals surface area contributed by atoms with E-state index in [4.69, 9.17) is 9.47 Å². The van der Waals surface area contributed by atoms with Gasteiger partial charge in [0, 0.05) is 40.8 Å². The van der Waals surface area contributed by atoms with E-state index in [-0.39, 0.29) is 18.1 Å². The Labute approximate surface area is 171 Å². The van der Waals surface area contributed by atoms with Gasteiger partial charge in [-0.3, -0.25) is 9.59 Å². The molecule has 7 nitrogen and oxygen atoms in total. The number of fused-ring (bicyclic) bond motifs is 10. The lowest BCUT2D eigenvalue weighted by atomic mass is 9.93. The third-order valence-corrected chi connectivity index (χ3v) is 6.37. The van der Waals surface area contributed by atoms with E-state index >= 15 is 0 Å². The lowest BCUT2D eigenvalue weighted by Gasteiger charge is -2.12. The van der Waals surface area contributed by atoms with Crippen LogP contribution in [0.4, 0.5) is 0 Å². The highest BCUT2D eigenvalue weighted by atomic mass is 16.5. The summed E-state index contributed by atoms with van der Waals surface area (Å²) in [6.07, 6.45) is 2.08. The Balaban J connectivity index is 1.89. The van der Waals surface area contributed by atoms with Gasteiger partial charge >= 0.3 is 0 Å². The first-order valence-electron chi connectivity index (χ1n) is 9.76. The monoisotopic (exact) mass is 401 g/mol. The van der Waals surface area contributed by atoms with E-state index in [1.54, 1.807) is 14.2 Å². The van der Waals surface area contributed by atoms with E-state index in [9.17, 15) is 9.59 Å². The van der Waals surface area contributed by atoms with Gasteiger partial charge in [-0.1, -0.05) is 0 Å². The average molecular weight is 401 g/mol. The second-order valence-corrected chi connectivity index (χ2v) is 7.78. The summed E-state index contributed by atoms with van der Waals surface area (Å²) in [5.41, 5.74) is 5.65. The molecule has 2 aromatic heterocycles. The van der Waals surface area contributed by atoms with E-state index in [1.165, 1.54) is 0 Å². The van der Waals surface area contributed by atoms with Crippen molar-refractivity contribution < 1.29 is 19.1 Å². The maximum absolute atomic E-state index is 12.9. The topological polar surface area (TPSA) is 85.3 Å². The summed E-state index contributed by atoms with van der Waals surface area (Å²) in [6.45, 7) is 0.450. The summed E-state index contributed by atoms with van der Waals surface area (Å²) >= 11 is 0. The second kappa shape index (κ2) is 5.66. The molecule has 0 atom stereocenters. The number of carbonyl (C=O) groups excluding carboxylic acids is 2. The van der Waals surface area contributed by atoms with Crippen LogP contribution in [0.1, 0.15) is 38.4 Å². The van der Waals surface area contributed by atoms with Gasteiger partial charge in [0.25, 0.3) is 5.91 Å². The first-order valence-corrected chi connectivity index (χ1v) is 9.76. The maximum Gasteiger partial charge on any atom is 0.252 e. The van der Waals surface area contributed by atoms with Gasteiger partial charge in [-0.15, -0.1) is 0 Å². The zero-order valence-corrected chi connectivity index (χ0v) is 16.8. The molecule has 0 saturated carbocycles. The van der Waals surface area contributed by atoms with Crippen LogP contribution in [-0.2, 0) is 18.3 Å². The number of nitrogens with zero attached hydrogens (tertiary/aromatic N) is 1. The normalized spacial score (nSPS) is 15.5. The van der Waals surface area contributed by atoms with Crippen molar-refractivity contribution in [2.75, 3.05) is 14.2 Å². The number of rotatable bonds is 2. The summed E-state index contributed by atoms with van der Waals surface area (Å²) in [5.74, 6) is 1.20. The molecule has 3 heterocycles. The highest BCUT2D eigenvalue weighted by Crippen LogP contribution is 2.44. The summed E-state index contributed by atoms with van der Waals surface area (Å²) in [7, 11) is 5.21. The van der Waals surface area contributed by atoms with Crippen LogP contribution in [0.5, 0.6) is 5.75 Å². The molecule has 0 bridgehead atoms. The summed E-state index contributed by atoms with van der Waals surface area (Å²) in [6, 6.07) is 5.95. The van der Waals surface area contributed by atoms with Crippen LogP contribution in [0.3, 0.4) is 0 Å². The van der Waals surface area contributed by atoms with Crippen molar-refractivity contribution in [2.24, 2.45) is 7.05 Å². The van der Waals surface area contributed by atoms with Crippen LogP contribution >= 0.6 is 0 Å². The Morgan fingerprint density at radius 1 is 1.10 bits per heavy atom. The van der Waals surface area contributed by atoms with Crippen molar-refractivity contribution in [3.63, 3.8) is 0 Å². The summed E-state index contributed by atoms with van der Waals surface area (Å²) < 4.78 is 12.9. The van der Waals surface area contributed by atoms with Crippen LogP contribution in [0.15, 0.2) is 24.0 Å². The number of carbonyl (C=O) groups is 2. The number of aromatic amines is 1. The number of amides is 1. The van der Waals surface area contributed by atoms with Crippen molar-refractivity contribution in [1.82, 2.24) is 14.9 Å². The SMILES string of the molecule is COC1=Cc2c([nH]c3c2c2c(c4c5cc(OC)ccc5n(C)c34)CNC2=O)C(=O)C1. The molecule has 6 rings (SSSR count). The third kappa shape index (κ3) is 1.94. The van der Waals surface area contributed by atoms with Crippen molar-refractivity contribution in [1.29, 1.82) is 0 Å². The number of hydrogen-bond acceptors (Lipinski definition) is 4. The van der Waals surface area contributed by atoms with Crippen molar-refractivity contribution in [2.45, 2.75) is 13.0 Å². The summed E-state index contributed by atoms with van der Waals surface area (Å²) in [5, 5.41) is 5.79. The molecule has 1 amide bonds. The molecule has 1 aliphatic heterocycles. The van der Waals surface area contributed by atoms with Gasteiger partial charge in [0.05, 0.1) is 42.9 Å². The summed E-state index contributed by atoms with van der Waals surface area (Å²) in [4.78, 5) is 29.1. The molecule has 150 valence electrons. The number of Topliss-reactive ketones (excluding diaryl/α,β-unsaturated/α-hetero) is 1. The van der Waals surface area contributed by atoms with E-state index in [0.29, 0.717) is 23.6 Å². The Hall–Kier alpha value is -3.74.